The van der Waals surface area contributed by atoms with Gasteiger partial charge in [-0.05, 0) is 31.9 Å². The van der Waals surface area contributed by atoms with Crippen LogP contribution in [0.25, 0.3) is 0 Å². The van der Waals surface area contributed by atoms with Crippen LogP contribution >= 0.6 is 23.1 Å². The standard InChI is InChI=1S/C13H15N3OS2/c1-8-5-4-6-9(2)11(8)15-12(17)10(3)19-13-16-14-7-18-13/h4-7,10H,1-3H3,(H,15,17)/t10-/m0/s1. The summed E-state index contributed by atoms with van der Waals surface area (Å²) in [6.45, 7) is 5.85. The highest BCUT2D eigenvalue weighted by Gasteiger charge is 2.17. The van der Waals surface area contributed by atoms with Gasteiger partial charge in [-0.25, -0.2) is 0 Å². The number of carbonyl (C=O) groups is 1. The summed E-state index contributed by atoms with van der Waals surface area (Å²) in [6, 6.07) is 5.97. The zero-order valence-corrected chi connectivity index (χ0v) is 12.6. The van der Waals surface area contributed by atoms with Crippen molar-refractivity contribution in [1.82, 2.24) is 10.2 Å². The lowest BCUT2D eigenvalue weighted by molar-refractivity contribution is -0.115. The Morgan fingerprint density at radius 1 is 1.37 bits per heavy atom. The van der Waals surface area contributed by atoms with Crippen molar-refractivity contribution >= 4 is 34.7 Å². The van der Waals surface area contributed by atoms with Crippen molar-refractivity contribution in [3.63, 3.8) is 0 Å². The van der Waals surface area contributed by atoms with Gasteiger partial charge in [-0.3, -0.25) is 4.79 Å². The number of anilines is 1. The number of para-hydroxylation sites is 1. The largest absolute Gasteiger partial charge is 0.325 e. The molecule has 0 unspecified atom stereocenters. The maximum atomic E-state index is 12.2. The monoisotopic (exact) mass is 293 g/mol. The molecule has 1 N–H and O–H groups in total. The van der Waals surface area contributed by atoms with Gasteiger partial charge in [0.1, 0.15) is 5.51 Å². The number of aromatic nitrogens is 2. The van der Waals surface area contributed by atoms with Crippen molar-refractivity contribution in [3.8, 4) is 0 Å². The number of nitrogens with zero attached hydrogens (tertiary/aromatic N) is 2. The fraction of sp³-hybridized carbons (Fsp3) is 0.308. The first kappa shape index (κ1) is 14.0. The second-order valence-electron chi connectivity index (χ2n) is 4.22. The number of hydrogen-bond acceptors (Lipinski definition) is 5. The topological polar surface area (TPSA) is 54.9 Å². The van der Waals surface area contributed by atoms with Crippen LogP contribution in [0, 0.1) is 13.8 Å². The lowest BCUT2D eigenvalue weighted by Gasteiger charge is -2.14. The predicted octanol–water partition coefficient (Wildman–Crippen LogP) is 3.27. The Hall–Kier alpha value is -1.40. The Morgan fingerprint density at radius 3 is 2.63 bits per heavy atom. The molecule has 2 rings (SSSR count). The summed E-state index contributed by atoms with van der Waals surface area (Å²) in [7, 11) is 0. The molecular formula is C13H15N3OS2. The Bertz CT molecular complexity index is 549. The molecule has 100 valence electrons. The summed E-state index contributed by atoms with van der Waals surface area (Å²) in [4.78, 5) is 12.2. The van der Waals surface area contributed by atoms with E-state index in [0.717, 1.165) is 21.2 Å². The first-order valence-corrected chi connectivity index (χ1v) is 7.63. The molecule has 0 spiro atoms. The van der Waals surface area contributed by atoms with Crippen LogP contribution in [-0.4, -0.2) is 21.4 Å². The molecule has 19 heavy (non-hydrogen) atoms. The molecule has 0 aliphatic heterocycles. The van der Waals surface area contributed by atoms with Crippen molar-refractivity contribution in [2.75, 3.05) is 5.32 Å². The average Bonchev–Trinajstić information content (AvgIpc) is 2.86. The highest BCUT2D eigenvalue weighted by atomic mass is 32.2. The normalized spacial score (nSPS) is 12.2. The zero-order chi connectivity index (χ0) is 13.8. The van der Waals surface area contributed by atoms with Gasteiger partial charge in [0.2, 0.25) is 5.91 Å². The van der Waals surface area contributed by atoms with E-state index in [9.17, 15) is 4.79 Å². The van der Waals surface area contributed by atoms with Crippen molar-refractivity contribution < 1.29 is 4.79 Å². The molecule has 1 aromatic heterocycles. The van der Waals surface area contributed by atoms with Crippen LogP contribution in [-0.2, 0) is 4.79 Å². The van der Waals surface area contributed by atoms with Gasteiger partial charge < -0.3 is 5.32 Å². The quantitative estimate of drug-likeness (QED) is 0.879. The third-order valence-electron chi connectivity index (χ3n) is 2.72. The fourth-order valence-electron chi connectivity index (χ4n) is 1.66. The summed E-state index contributed by atoms with van der Waals surface area (Å²) < 4.78 is 0.809. The molecule has 0 aliphatic carbocycles. The molecule has 6 heteroatoms. The number of hydrogen-bond donors (Lipinski definition) is 1. The molecule has 0 radical (unpaired) electrons. The molecule has 1 aromatic carbocycles. The third kappa shape index (κ3) is 3.54. The van der Waals surface area contributed by atoms with Crippen molar-refractivity contribution in [3.05, 3.63) is 34.8 Å². The van der Waals surface area contributed by atoms with Gasteiger partial charge in [0.05, 0.1) is 5.25 Å². The summed E-state index contributed by atoms with van der Waals surface area (Å²) in [5.74, 6) is -0.0161. The van der Waals surface area contributed by atoms with Crippen LogP contribution in [0.5, 0.6) is 0 Å². The average molecular weight is 293 g/mol. The lowest BCUT2D eigenvalue weighted by atomic mass is 10.1. The van der Waals surface area contributed by atoms with Crippen molar-refractivity contribution in [2.45, 2.75) is 30.4 Å². The highest BCUT2D eigenvalue weighted by molar-refractivity contribution is 8.02. The molecular weight excluding hydrogens is 278 g/mol. The number of aryl methyl sites for hydroxylation is 2. The van der Waals surface area contributed by atoms with E-state index in [1.54, 1.807) is 5.51 Å². The Morgan fingerprint density at radius 2 is 2.05 bits per heavy atom. The van der Waals surface area contributed by atoms with Crippen molar-refractivity contribution in [1.29, 1.82) is 0 Å². The first-order valence-electron chi connectivity index (χ1n) is 5.88. The second-order valence-corrected chi connectivity index (χ2v) is 6.64. The fourth-order valence-corrected chi connectivity index (χ4v) is 3.28. The highest BCUT2D eigenvalue weighted by Crippen LogP contribution is 2.26. The van der Waals surface area contributed by atoms with Crippen LogP contribution in [0.1, 0.15) is 18.1 Å². The smallest absolute Gasteiger partial charge is 0.237 e. The molecule has 0 saturated carbocycles. The maximum absolute atomic E-state index is 12.2. The molecule has 0 fully saturated rings. The number of thioether (sulfide) groups is 1. The number of nitrogens with one attached hydrogen (secondary N) is 1. The van der Waals surface area contributed by atoms with E-state index in [-0.39, 0.29) is 11.2 Å². The van der Waals surface area contributed by atoms with Crippen LogP contribution < -0.4 is 5.32 Å². The van der Waals surface area contributed by atoms with E-state index in [1.807, 2.05) is 39.0 Å². The number of amides is 1. The van der Waals surface area contributed by atoms with E-state index < -0.39 is 0 Å². The summed E-state index contributed by atoms with van der Waals surface area (Å²) in [5.41, 5.74) is 4.71. The van der Waals surface area contributed by atoms with Crippen LogP contribution in [0.3, 0.4) is 0 Å². The molecule has 0 saturated heterocycles. The Labute approximate surface area is 120 Å². The van der Waals surface area contributed by atoms with E-state index in [1.165, 1.54) is 23.1 Å². The summed E-state index contributed by atoms with van der Waals surface area (Å²) in [5, 5.41) is 10.5. The minimum Gasteiger partial charge on any atom is -0.325 e. The van der Waals surface area contributed by atoms with Crippen LogP contribution in [0.4, 0.5) is 5.69 Å². The van der Waals surface area contributed by atoms with Gasteiger partial charge in [-0.2, -0.15) is 0 Å². The second kappa shape index (κ2) is 6.16. The van der Waals surface area contributed by atoms with E-state index in [2.05, 4.69) is 15.5 Å². The molecule has 2 aromatic rings. The van der Waals surface area contributed by atoms with Crippen LogP contribution in [0.15, 0.2) is 28.0 Å². The molecule has 4 nitrogen and oxygen atoms in total. The zero-order valence-electron chi connectivity index (χ0n) is 11.0. The van der Waals surface area contributed by atoms with E-state index >= 15 is 0 Å². The minimum atomic E-state index is -0.202. The Kier molecular flexibility index (Phi) is 4.55. The molecule has 0 aliphatic rings. The van der Waals surface area contributed by atoms with E-state index in [0.29, 0.717) is 0 Å². The lowest BCUT2D eigenvalue weighted by Crippen LogP contribution is -2.23. The van der Waals surface area contributed by atoms with Gasteiger partial charge in [-0.1, -0.05) is 41.3 Å². The molecule has 1 amide bonds. The Balaban J connectivity index is 2.04. The summed E-state index contributed by atoms with van der Waals surface area (Å²) >= 11 is 2.86. The van der Waals surface area contributed by atoms with Gasteiger partial charge in [0.15, 0.2) is 4.34 Å². The van der Waals surface area contributed by atoms with Gasteiger partial charge in [-0.15, -0.1) is 10.2 Å². The number of rotatable bonds is 4. The minimum absolute atomic E-state index is 0.0161. The van der Waals surface area contributed by atoms with Gasteiger partial charge in [0.25, 0.3) is 0 Å². The SMILES string of the molecule is Cc1cccc(C)c1NC(=O)[C@H](C)Sc1nncs1. The van der Waals surface area contributed by atoms with Gasteiger partial charge >= 0.3 is 0 Å². The van der Waals surface area contributed by atoms with E-state index in [4.69, 9.17) is 0 Å². The molecule has 1 atom stereocenters. The predicted molar refractivity (Wildman–Crippen MR) is 79.8 cm³/mol. The van der Waals surface area contributed by atoms with Crippen molar-refractivity contribution in [2.24, 2.45) is 0 Å². The first-order chi connectivity index (χ1) is 9.08. The van der Waals surface area contributed by atoms with Gasteiger partial charge in [0, 0.05) is 5.69 Å². The molecule has 1 heterocycles. The maximum Gasteiger partial charge on any atom is 0.237 e. The summed E-state index contributed by atoms with van der Waals surface area (Å²) in [6.07, 6.45) is 0. The number of carbonyl (C=O) groups excluding carboxylic acids is 1. The third-order valence-corrected chi connectivity index (χ3v) is 4.63. The number of benzene rings is 1. The molecule has 0 bridgehead atoms. The van der Waals surface area contributed by atoms with Crippen LogP contribution in [0.2, 0.25) is 0 Å².